The number of benzene rings is 2. The monoisotopic (exact) mass is 451 g/mol. The second-order valence-corrected chi connectivity index (χ2v) is 9.54. The van der Waals surface area contributed by atoms with Crippen molar-refractivity contribution in [2.75, 3.05) is 13.1 Å². The molecule has 1 saturated heterocycles. The van der Waals surface area contributed by atoms with Crippen LogP contribution in [-0.4, -0.2) is 35.5 Å². The molecule has 2 aromatic carbocycles. The van der Waals surface area contributed by atoms with Gasteiger partial charge in [-0.1, -0.05) is 36.4 Å². The molecular formula is C27H27F2NO3. The molecule has 2 aromatic rings. The first-order valence-corrected chi connectivity index (χ1v) is 11.1. The minimum Gasteiger partial charge on any atom is -0.444 e. The number of ether oxygens (including phenoxy) is 1. The summed E-state index contributed by atoms with van der Waals surface area (Å²) in [7, 11) is 0. The van der Waals surface area contributed by atoms with Gasteiger partial charge in [-0.15, -0.1) is 0 Å². The fraction of sp³-hybridized carbons (Fsp3) is 0.333. The molecule has 1 aliphatic carbocycles. The van der Waals surface area contributed by atoms with Crippen molar-refractivity contribution in [3.8, 4) is 0 Å². The van der Waals surface area contributed by atoms with E-state index in [1.807, 2.05) is 20.8 Å². The maximum absolute atomic E-state index is 14.3. The number of amides is 1. The molecule has 1 saturated carbocycles. The lowest BCUT2D eigenvalue weighted by atomic mass is 9.54. The molecule has 1 amide bonds. The number of carbonyl (C=O) groups is 2. The van der Waals surface area contributed by atoms with Gasteiger partial charge in [0.15, 0.2) is 5.78 Å². The standard InChI is InChI=1S/C27H27F2NO3/c1-26(2,3)33-25(32)30-14-12-27(13-15-30)20(16-18-8-4-6-10-22(18)28)24(31)21(27)17-19-9-5-7-11-23(19)29/h4-11,16-17H,12-15H2,1-3H3/b20-16-,21-17-. The van der Waals surface area contributed by atoms with E-state index >= 15 is 0 Å². The van der Waals surface area contributed by atoms with Gasteiger partial charge in [0.1, 0.15) is 17.2 Å². The SMILES string of the molecule is CC(C)(C)OC(=O)N1CCC2(CC1)/C(=C\c1ccccc1F)C(=O)/C2=C/c1ccccc1F. The number of hydrogen-bond donors (Lipinski definition) is 0. The molecular weight excluding hydrogens is 424 g/mol. The summed E-state index contributed by atoms with van der Waals surface area (Å²) in [6.07, 6.45) is 3.73. The van der Waals surface area contributed by atoms with Crippen molar-refractivity contribution in [2.45, 2.75) is 39.2 Å². The number of likely N-dealkylation sites (tertiary alicyclic amines) is 1. The largest absolute Gasteiger partial charge is 0.444 e. The van der Waals surface area contributed by atoms with Crippen molar-refractivity contribution in [3.05, 3.63) is 82.4 Å². The highest BCUT2D eigenvalue weighted by Crippen LogP contribution is 2.56. The zero-order valence-corrected chi connectivity index (χ0v) is 19.0. The van der Waals surface area contributed by atoms with Gasteiger partial charge >= 0.3 is 6.09 Å². The second kappa shape index (κ2) is 8.58. The Morgan fingerprint density at radius 3 is 1.79 bits per heavy atom. The molecule has 0 atom stereocenters. The third-order valence-corrected chi connectivity index (χ3v) is 6.20. The molecule has 172 valence electrons. The highest BCUT2D eigenvalue weighted by Gasteiger charge is 2.55. The molecule has 6 heteroatoms. The average molecular weight is 452 g/mol. The number of ketones is 1. The maximum atomic E-state index is 14.3. The molecule has 4 rings (SSSR count). The molecule has 33 heavy (non-hydrogen) atoms. The number of hydrogen-bond acceptors (Lipinski definition) is 3. The molecule has 1 aliphatic heterocycles. The van der Waals surface area contributed by atoms with E-state index < -0.39 is 28.7 Å². The van der Waals surface area contributed by atoms with Crippen LogP contribution in [0.3, 0.4) is 0 Å². The second-order valence-electron chi connectivity index (χ2n) is 9.54. The molecule has 0 bridgehead atoms. The van der Waals surface area contributed by atoms with Crippen LogP contribution >= 0.6 is 0 Å². The Morgan fingerprint density at radius 1 is 0.909 bits per heavy atom. The van der Waals surface area contributed by atoms with Crippen LogP contribution in [0.4, 0.5) is 13.6 Å². The van der Waals surface area contributed by atoms with E-state index in [2.05, 4.69) is 0 Å². The first-order valence-electron chi connectivity index (χ1n) is 11.1. The van der Waals surface area contributed by atoms with E-state index in [9.17, 15) is 18.4 Å². The van der Waals surface area contributed by atoms with Crippen molar-refractivity contribution in [3.63, 3.8) is 0 Å². The highest BCUT2D eigenvalue weighted by molar-refractivity contribution is 6.23. The summed E-state index contributed by atoms with van der Waals surface area (Å²) in [5.74, 6) is -1.04. The Morgan fingerprint density at radius 2 is 1.36 bits per heavy atom. The van der Waals surface area contributed by atoms with Crippen LogP contribution in [0.5, 0.6) is 0 Å². The number of carbonyl (C=O) groups excluding carboxylic acids is 2. The summed E-state index contributed by atoms with van der Waals surface area (Å²) in [6, 6.07) is 12.6. The van der Waals surface area contributed by atoms with Crippen molar-refractivity contribution >= 4 is 24.0 Å². The van der Waals surface area contributed by atoms with Gasteiger partial charge in [-0.25, -0.2) is 13.6 Å². The summed E-state index contributed by atoms with van der Waals surface area (Å²) in [4.78, 5) is 27.3. The van der Waals surface area contributed by atoms with E-state index in [1.54, 1.807) is 53.5 Å². The maximum Gasteiger partial charge on any atom is 0.410 e. The van der Waals surface area contributed by atoms with Crippen LogP contribution in [0.15, 0.2) is 59.7 Å². The molecule has 1 heterocycles. The van der Waals surface area contributed by atoms with Crippen molar-refractivity contribution in [2.24, 2.45) is 5.41 Å². The van der Waals surface area contributed by atoms with Gasteiger partial charge in [-0.3, -0.25) is 4.79 Å². The lowest BCUT2D eigenvalue weighted by Crippen LogP contribution is -2.53. The first kappa shape index (κ1) is 22.9. The molecule has 4 nitrogen and oxygen atoms in total. The van der Waals surface area contributed by atoms with Gasteiger partial charge in [0.2, 0.25) is 0 Å². The number of nitrogens with zero attached hydrogens (tertiary/aromatic N) is 1. The van der Waals surface area contributed by atoms with Crippen molar-refractivity contribution in [1.82, 2.24) is 4.90 Å². The van der Waals surface area contributed by atoms with E-state index in [0.29, 0.717) is 48.2 Å². The minimum absolute atomic E-state index is 0.216. The topological polar surface area (TPSA) is 46.6 Å². The Kier molecular flexibility index (Phi) is 5.95. The fourth-order valence-corrected chi connectivity index (χ4v) is 4.50. The fourth-order valence-electron chi connectivity index (χ4n) is 4.50. The van der Waals surface area contributed by atoms with E-state index in [4.69, 9.17) is 4.74 Å². The van der Waals surface area contributed by atoms with Crippen molar-refractivity contribution < 1.29 is 23.1 Å². The van der Waals surface area contributed by atoms with Gasteiger partial charge in [0.05, 0.1) is 0 Å². The van der Waals surface area contributed by atoms with Gasteiger partial charge in [-0.2, -0.15) is 0 Å². The lowest BCUT2D eigenvalue weighted by Gasteiger charge is -2.50. The molecule has 0 aromatic heterocycles. The summed E-state index contributed by atoms with van der Waals surface area (Å²) >= 11 is 0. The zero-order chi connectivity index (χ0) is 23.8. The smallest absolute Gasteiger partial charge is 0.410 e. The molecule has 0 radical (unpaired) electrons. The average Bonchev–Trinajstić information content (AvgIpc) is 2.77. The van der Waals surface area contributed by atoms with Crippen LogP contribution < -0.4 is 0 Å². The highest BCUT2D eigenvalue weighted by atomic mass is 19.1. The van der Waals surface area contributed by atoms with E-state index in [-0.39, 0.29) is 5.78 Å². The van der Waals surface area contributed by atoms with Crippen LogP contribution in [0, 0.1) is 17.0 Å². The van der Waals surface area contributed by atoms with Crippen LogP contribution in [0.1, 0.15) is 44.7 Å². The van der Waals surface area contributed by atoms with Crippen LogP contribution in [0.2, 0.25) is 0 Å². The Labute approximate surface area is 192 Å². The lowest BCUT2D eigenvalue weighted by molar-refractivity contribution is -0.118. The third kappa shape index (κ3) is 4.47. The Bertz CT molecular complexity index is 1080. The predicted octanol–water partition coefficient (Wildman–Crippen LogP) is 6.03. The number of rotatable bonds is 2. The van der Waals surface area contributed by atoms with E-state index in [0.717, 1.165) is 0 Å². The quantitative estimate of drug-likeness (QED) is 0.524. The predicted molar refractivity (Wildman–Crippen MR) is 123 cm³/mol. The Hall–Kier alpha value is -3.28. The molecule has 2 fully saturated rings. The summed E-state index contributed by atoms with van der Waals surface area (Å²) in [5, 5.41) is 0. The van der Waals surface area contributed by atoms with Gasteiger partial charge in [0.25, 0.3) is 0 Å². The summed E-state index contributed by atoms with van der Waals surface area (Å²) < 4.78 is 34.1. The van der Waals surface area contributed by atoms with Crippen LogP contribution in [-0.2, 0) is 9.53 Å². The summed E-state index contributed by atoms with van der Waals surface area (Å²) in [5.41, 5.74) is 0.391. The van der Waals surface area contributed by atoms with Gasteiger partial charge in [0, 0.05) is 40.8 Å². The number of Topliss-reactive ketones (excluding diaryl/α,β-unsaturated/α-hetero) is 1. The Balaban J connectivity index is 1.69. The number of allylic oxidation sites excluding steroid dienone is 2. The normalized spacial score (nSPS) is 20.3. The molecule has 2 aliphatic rings. The van der Waals surface area contributed by atoms with Crippen molar-refractivity contribution in [1.29, 1.82) is 0 Å². The van der Waals surface area contributed by atoms with Gasteiger partial charge in [-0.05, 0) is 57.9 Å². The first-order chi connectivity index (χ1) is 15.6. The number of halogens is 2. The van der Waals surface area contributed by atoms with Gasteiger partial charge < -0.3 is 9.64 Å². The molecule has 1 spiro atoms. The summed E-state index contributed by atoms with van der Waals surface area (Å²) in [6.45, 7) is 6.19. The molecule has 0 unspecified atom stereocenters. The third-order valence-electron chi connectivity index (χ3n) is 6.20. The molecule has 0 N–H and O–H groups in total. The van der Waals surface area contributed by atoms with E-state index in [1.165, 1.54) is 12.1 Å². The number of piperidine rings is 1. The minimum atomic E-state index is -0.667. The van der Waals surface area contributed by atoms with Crippen LogP contribution in [0.25, 0.3) is 12.2 Å². The zero-order valence-electron chi connectivity index (χ0n) is 19.0.